The van der Waals surface area contributed by atoms with E-state index in [1.165, 1.54) is 22.7 Å². The van der Waals surface area contributed by atoms with Crippen LogP contribution in [0.4, 0.5) is 5.69 Å². The van der Waals surface area contributed by atoms with E-state index in [2.05, 4.69) is 0 Å². The number of anilines is 1. The van der Waals surface area contributed by atoms with Gasteiger partial charge in [-0.3, -0.25) is 9.59 Å². The van der Waals surface area contributed by atoms with Crippen molar-refractivity contribution in [1.82, 2.24) is 4.90 Å². The summed E-state index contributed by atoms with van der Waals surface area (Å²) >= 11 is 1.40. The number of hydrogen-bond acceptors (Lipinski definition) is 3. The van der Waals surface area contributed by atoms with Crippen LogP contribution in [0.3, 0.4) is 0 Å². The fourth-order valence-electron chi connectivity index (χ4n) is 2.24. The Labute approximate surface area is 123 Å². The van der Waals surface area contributed by atoms with E-state index < -0.39 is 0 Å². The normalized spacial score (nSPS) is 16.9. The zero-order chi connectivity index (χ0) is 14.9. The van der Waals surface area contributed by atoms with Crippen molar-refractivity contribution in [3.63, 3.8) is 0 Å². The standard InChI is InChI=1S/C15H18N2O2S/c1-10-6-5-7-11(2)15(10)17(4)12(18)8-14-16(3)13(19)9-20-14/h5-8H,9H2,1-4H3/b14-8-. The van der Waals surface area contributed by atoms with E-state index in [1.54, 1.807) is 19.0 Å². The van der Waals surface area contributed by atoms with Gasteiger partial charge in [0.2, 0.25) is 5.91 Å². The Morgan fingerprint density at radius 2 is 1.95 bits per heavy atom. The Morgan fingerprint density at radius 3 is 2.45 bits per heavy atom. The van der Waals surface area contributed by atoms with Crippen molar-refractivity contribution in [2.45, 2.75) is 13.8 Å². The molecule has 20 heavy (non-hydrogen) atoms. The SMILES string of the molecule is Cc1cccc(C)c1N(C)C(=O)/C=C1\SCC(=O)N1C. The fraction of sp³-hybridized carbons (Fsp3) is 0.333. The largest absolute Gasteiger partial charge is 0.311 e. The average Bonchev–Trinajstić information content (AvgIpc) is 2.70. The number of carbonyl (C=O) groups is 2. The maximum absolute atomic E-state index is 12.4. The van der Waals surface area contributed by atoms with Gasteiger partial charge in [0.15, 0.2) is 0 Å². The first kappa shape index (κ1) is 14.7. The molecule has 0 N–H and O–H groups in total. The lowest BCUT2D eigenvalue weighted by Gasteiger charge is -2.21. The minimum absolute atomic E-state index is 0.0313. The maximum atomic E-state index is 12.4. The summed E-state index contributed by atoms with van der Waals surface area (Å²) in [7, 11) is 3.45. The van der Waals surface area contributed by atoms with E-state index in [4.69, 9.17) is 0 Å². The highest BCUT2D eigenvalue weighted by Crippen LogP contribution is 2.28. The molecule has 106 valence electrons. The van der Waals surface area contributed by atoms with Gasteiger partial charge >= 0.3 is 0 Å². The molecule has 5 heteroatoms. The lowest BCUT2D eigenvalue weighted by molar-refractivity contribution is -0.124. The van der Waals surface area contributed by atoms with Crippen LogP contribution in [0, 0.1) is 13.8 Å². The number of para-hydroxylation sites is 1. The first-order valence-electron chi connectivity index (χ1n) is 6.36. The molecule has 0 atom stereocenters. The highest BCUT2D eigenvalue weighted by atomic mass is 32.2. The Hall–Kier alpha value is -1.75. The molecule has 1 heterocycles. The van der Waals surface area contributed by atoms with Gasteiger partial charge in [0.1, 0.15) is 0 Å². The van der Waals surface area contributed by atoms with Gasteiger partial charge in [-0.1, -0.05) is 30.0 Å². The third-order valence-corrected chi connectivity index (χ3v) is 4.48. The lowest BCUT2D eigenvalue weighted by Crippen LogP contribution is -2.27. The van der Waals surface area contributed by atoms with Gasteiger partial charge in [-0.2, -0.15) is 0 Å². The molecule has 1 saturated heterocycles. The van der Waals surface area contributed by atoms with Gasteiger partial charge in [0.25, 0.3) is 5.91 Å². The van der Waals surface area contributed by atoms with Crippen molar-refractivity contribution < 1.29 is 9.59 Å². The molecule has 0 radical (unpaired) electrons. The predicted octanol–water partition coefficient (Wildman–Crippen LogP) is 2.31. The predicted molar refractivity (Wildman–Crippen MR) is 82.6 cm³/mol. The summed E-state index contributed by atoms with van der Waals surface area (Å²) in [6.45, 7) is 3.97. The number of benzene rings is 1. The lowest BCUT2D eigenvalue weighted by atomic mass is 10.1. The van der Waals surface area contributed by atoms with Crippen molar-refractivity contribution in [3.05, 3.63) is 40.4 Å². The minimum atomic E-state index is -0.119. The van der Waals surface area contributed by atoms with Crippen LogP contribution in [0.15, 0.2) is 29.3 Å². The fourth-order valence-corrected chi connectivity index (χ4v) is 3.18. The van der Waals surface area contributed by atoms with Crippen LogP contribution < -0.4 is 4.90 Å². The van der Waals surface area contributed by atoms with Crippen molar-refractivity contribution in [1.29, 1.82) is 0 Å². The molecule has 0 bridgehead atoms. The molecule has 0 saturated carbocycles. The molecule has 0 spiro atoms. The highest BCUT2D eigenvalue weighted by Gasteiger charge is 2.24. The second-order valence-corrected chi connectivity index (χ2v) is 5.86. The van der Waals surface area contributed by atoms with E-state index in [0.29, 0.717) is 10.8 Å². The Morgan fingerprint density at radius 1 is 1.35 bits per heavy atom. The second-order valence-electron chi connectivity index (χ2n) is 4.86. The number of thioether (sulfide) groups is 1. The van der Waals surface area contributed by atoms with E-state index in [9.17, 15) is 9.59 Å². The molecule has 1 fully saturated rings. The van der Waals surface area contributed by atoms with Crippen molar-refractivity contribution in [2.24, 2.45) is 0 Å². The summed E-state index contributed by atoms with van der Waals surface area (Å²) in [5, 5.41) is 0.707. The molecular weight excluding hydrogens is 272 g/mol. The highest BCUT2D eigenvalue weighted by molar-refractivity contribution is 8.04. The second kappa shape index (κ2) is 5.71. The van der Waals surface area contributed by atoms with E-state index in [1.807, 2.05) is 32.0 Å². The van der Waals surface area contributed by atoms with Crippen LogP contribution in [0.25, 0.3) is 0 Å². The van der Waals surface area contributed by atoms with Crippen LogP contribution in [-0.2, 0) is 9.59 Å². The van der Waals surface area contributed by atoms with Crippen LogP contribution in [0.1, 0.15) is 11.1 Å². The molecule has 0 aliphatic carbocycles. The first-order valence-corrected chi connectivity index (χ1v) is 7.35. The summed E-state index contributed by atoms with van der Waals surface area (Å²) < 4.78 is 0. The third kappa shape index (κ3) is 2.72. The topological polar surface area (TPSA) is 40.6 Å². The zero-order valence-corrected chi connectivity index (χ0v) is 13.0. The third-order valence-electron chi connectivity index (χ3n) is 3.40. The maximum Gasteiger partial charge on any atom is 0.253 e. The molecular formula is C15H18N2O2S. The number of likely N-dealkylation sites (N-methyl/N-ethyl adjacent to an activating group) is 1. The van der Waals surface area contributed by atoms with Crippen LogP contribution in [0.5, 0.6) is 0 Å². The Bertz CT molecular complexity index is 575. The summed E-state index contributed by atoms with van der Waals surface area (Å²) in [6.07, 6.45) is 1.53. The number of aryl methyl sites for hydroxylation is 2. The average molecular weight is 290 g/mol. The Balaban J connectivity index is 2.26. The van der Waals surface area contributed by atoms with Crippen LogP contribution >= 0.6 is 11.8 Å². The monoisotopic (exact) mass is 290 g/mol. The van der Waals surface area contributed by atoms with Gasteiger partial charge in [0.05, 0.1) is 10.8 Å². The summed E-state index contributed by atoms with van der Waals surface area (Å²) in [5.41, 5.74) is 3.04. The number of hydrogen-bond donors (Lipinski definition) is 0. The van der Waals surface area contributed by atoms with Gasteiger partial charge in [-0.25, -0.2) is 0 Å². The van der Waals surface area contributed by atoms with E-state index >= 15 is 0 Å². The van der Waals surface area contributed by atoms with Crippen molar-refractivity contribution in [3.8, 4) is 0 Å². The van der Waals surface area contributed by atoms with Crippen molar-refractivity contribution >= 4 is 29.3 Å². The van der Waals surface area contributed by atoms with E-state index in [-0.39, 0.29) is 11.8 Å². The zero-order valence-electron chi connectivity index (χ0n) is 12.1. The smallest absolute Gasteiger partial charge is 0.253 e. The molecule has 1 aromatic carbocycles. The van der Waals surface area contributed by atoms with Gasteiger partial charge < -0.3 is 9.80 Å². The van der Waals surface area contributed by atoms with Crippen LogP contribution in [-0.4, -0.2) is 36.6 Å². The molecule has 1 aliphatic rings. The number of nitrogens with zero attached hydrogens (tertiary/aromatic N) is 2. The summed E-state index contributed by atoms with van der Waals surface area (Å²) in [4.78, 5) is 27.0. The molecule has 1 aromatic rings. The molecule has 2 rings (SSSR count). The number of rotatable bonds is 2. The first-order chi connectivity index (χ1) is 9.41. The molecule has 0 aromatic heterocycles. The number of amides is 2. The molecule has 1 aliphatic heterocycles. The minimum Gasteiger partial charge on any atom is -0.311 e. The summed E-state index contributed by atoms with van der Waals surface area (Å²) in [5.74, 6) is 0.318. The van der Waals surface area contributed by atoms with Crippen LogP contribution in [0.2, 0.25) is 0 Å². The molecule has 4 nitrogen and oxygen atoms in total. The molecule has 2 amide bonds. The summed E-state index contributed by atoms with van der Waals surface area (Å²) in [6, 6.07) is 5.95. The van der Waals surface area contributed by atoms with Gasteiger partial charge in [-0.15, -0.1) is 0 Å². The van der Waals surface area contributed by atoms with Crippen molar-refractivity contribution in [2.75, 3.05) is 24.7 Å². The van der Waals surface area contributed by atoms with Gasteiger partial charge in [0, 0.05) is 25.9 Å². The van der Waals surface area contributed by atoms with E-state index in [0.717, 1.165) is 16.8 Å². The Kier molecular flexibility index (Phi) is 4.18. The van der Waals surface area contributed by atoms with Gasteiger partial charge in [-0.05, 0) is 25.0 Å². The number of carbonyl (C=O) groups excluding carboxylic acids is 2. The molecule has 0 unspecified atom stereocenters. The quantitative estimate of drug-likeness (QED) is 0.785.